The van der Waals surface area contributed by atoms with E-state index in [4.69, 9.17) is 5.73 Å². The third-order valence-corrected chi connectivity index (χ3v) is 3.91. The van der Waals surface area contributed by atoms with Gasteiger partial charge in [0.2, 0.25) is 0 Å². The molecule has 1 unspecified atom stereocenters. The molecule has 0 aromatic heterocycles. The van der Waals surface area contributed by atoms with Crippen LogP contribution in [0.25, 0.3) is 0 Å². The van der Waals surface area contributed by atoms with Gasteiger partial charge in [0.05, 0.1) is 17.0 Å². The van der Waals surface area contributed by atoms with Crippen LogP contribution in [0.2, 0.25) is 0 Å². The number of rotatable bonds is 1. The standard InChI is InChI=1S/C6H11F2NO2S/c7-5(8)6(9)2-1-3-12(10,11)4-6/h5H,1-4,9H2. The van der Waals surface area contributed by atoms with Gasteiger partial charge in [-0.3, -0.25) is 0 Å². The normalized spacial score (nSPS) is 35.3. The van der Waals surface area contributed by atoms with E-state index in [2.05, 4.69) is 0 Å². The summed E-state index contributed by atoms with van der Waals surface area (Å²) in [6, 6.07) is 0. The Hall–Kier alpha value is -0.230. The molecule has 12 heavy (non-hydrogen) atoms. The van der Waals surface area contributed by atoms with Crippen molar-refractivity contribution in [3.05, 3.63) is 0 Å². The zero-order valence-corrected chi connectivity index (χ0v) is 7.28. The lowest BCUT2D eigenvalue weighted by Crippen LogP contribution is -2.55. The minimum absolute atomic E-state index is 0.0152. The van der Waals surface area contributed by atoms with Crippen LogP contribution in [-0.2, 0) is 9.84 Å². The maximum absolute atomic E-state index is 12.3. The van der Waals surface area contributed by atoms with Crippen LogP contribution in [0.5, 0.6) is 0 Å². The first kappa shape index (κ1) is 9.85. The summed E-state index contributed by atoms with van der Waals surface area (Å²) in [4.78, 5) is 0. The van der Waals surface area contributed by atoms with Crippen LogP contribution in [0.15, 0.2) is 0 Å². The summed E-state index contributed by atoms with van der Waals surface area (Å²) in [6.45, 7) is 0. The van der Waals surface area contributed by atoms with Gasteiger partial charge >= 0.3 is 0 Å². The Morgan fingerprint density at radius 2 is 2.00 bits per heavy atom. The van der Waals surface area contributed by atoms with Crippen LogP contribution in [0.1, 0.15) is 12.8 Å². The lowest BCUT2D eigenvalue weighted by Gasteiger charge is -2.31. The van der Waals surface area contributed by atoms with Gasteiger partial charge < -0.3 is 5.73 Å². The van der Waals surface area contributed by atoms with Crippen molar-refractivity contribution in [3.63, 3.8) is 0 Å². The van der Waals surface area contributed by atoms with Crippen LogP contribution in [0.3, 0.4) is 0 Å². The molecule has 0 spiro atoms. The van der Waals surface area contributed by atoms with Crippen LogP contribution < -0.4 is 5.73 Å². The molecular formula is C6H11F2NO2S. The van der Waals surface area contributed by atoms with Crippen molar-refractivity contribution < 1.29 is 17.2 Å². The molecule has 1 aliphatic rings. The Balaban J connectivity index is 2.82. The second kappa shape index (κ2) is 2.92. The summed E-state index contributed by atoms with van der Waals surface area (Å²) in [5, 5.41) is 0. The Labute approximate surface area is 69.9 Å². The molecule has 1 rings (SSSR count). The molecule has 72 valence electrons. The van der Waals surface area contributed by atoms with Crippen molar-refractivity contribution in [3.8, 4) is 0 Å². The molecule has 0 saturated carbocycles. The fourth-order valence-electron chi connectivity index (χ4n) is 1.35. The minimum atomic E-state index is -3.34. The first-order valence-electron chi connectivity index (χ1n) is 3.63. The van der Waals surface area contributed by atoms with Gasteiger partial charge in [-0.2, -0.15) is 0 Å². The highest BCUT2D eigenvalue weighted by Gasteiger charge is 2.42. The van der Waals surface area contributed by atoms with Crippen molar-refractivity contribution in [1.29, 1.82) is 0 Å². The number of hydrogen-bond donors (Lipinski definition) is 1. The van der Waals surface area contributed by atoms with Crippen LogP contribution in [-0.4, -0.2) is 31.9 Å². The van der Waals surface area contributed by atoms with Crippen molar-refractivity contribution in [2.45, 2.75) is 24.8 Å². The number of sulfone groups is 1. The summed E-state index contributed by atoms with van der Waals surface area (Å²) in [6.07, 6.45) is -2.43. The average molecular weight is 199 g/mol. The van der Waals surface area contributed by atoms with Crippen molar-refractivity contribution in [1.82, 2.24) is 0 Å². The topological polar surface area (TPSA) is 60.2 Å². The highest BCUT2D eigenvalue weighted by atomic mass is 32.2. The SMILES string of the molecule is NC1(C(F)F)CCCS(=O)(=O)C1. The molecule has 0 aromatic carbocycles. The molecule has 0 aromatic rings. The largest absolute Gasteiger partial charge is 0.320 e. The van der Waals surface area contributed by atoms with E-state index in [1.807, 2.05) is 0 Å². The van der Waals surface area contributed by atoms with Gasteiger partial charge in [-0.15, -0.1) is 0 Å². The third-order valence-electron chi connectivity index (χ3n) is 2.02. The van der Waals surface area contributed by atoms with Gasteiger partial charge in [0.1, 0.15) is 0 Å². The molecule has 1 aliphatic heterocycles. The zero-order chi connectivity index (χ0) is 9.41. The van der Waals surface area contributed by atoms with Crippen molar-refractivity contribution in [2.75, 3.05) is 11.5 Å². The van der Waals surface area contributed by atoms with E-state index in [-0.39, 0.29) is 18.6 Å². The Bertz CT molecular complexity index is 265. The number of alkyl halides is 2. The van der Waals surface area contributed by atoms with E-state index in [9.17, 15) is 17.2 Å². The zero-order valence-electron chi connectivity index (χ0n) is 6.46. The van der Waals surface area contributed by atoms with Gasteiger partial charge in [0, 0.05) is 0 Å². The average Bonchev–Trinajstić information content (AvgIpc) is 1.83. The summed E-state index contributed by atoms with van der Waals surface area (Å²) in [5.74, 6) is -0.601. The molecule has 2 N–H and O–H groups in total. The highest BCUT2D eigenvalue weighted by Crippen LogP contribution is 2.26. The van der Waals surface area contributed by atoms with E-state index in [1.54, 1.807) is 0 Å². The third kappa shape index (κ3) is 1.92. The maximum Gasteiger partial charge on any atom is 0.257 e. The molecular weight excluding hydrogens is 188 g/mol. The highest BCUT2D eigenvalue weighted by molar-refractivity contribution is 7.91. The van der Waals surface area contributed by atoms with Gasteiger partial charge in [-0.1, -0.05) is 0 Å². The van der Waals surface area contributed by atoms with E-state index in [0.717, 1.165) is 0 Å². The van der Waals surface area contributed by atoms with Gasteiger partial charge in [-0.25, -0.2) is 17.2 Å². The summed E-state index contributed by atoms with van der Waals surface area (Å²) < 4.78 is 46.4. The first-order valence-corrected chi connectivity index (χ1v) is 5.45. The molecule has 3 nitrogen and oxygen atoms in total. The number of halogens is 2. The molecule has 0 amide bonds. The lowest BCUT2D eigenvalue weighted by molar-refractivity contribution is 0.0582. The second-order valence-electron chi connectivity index (χ2n) is 3.23. The van der Waals surface area contributed by atoms with E-state index < -0.39 is 27.6 Å². The van der Waals surface area contributed by atoms with Crippen molar-refractivity contribution >= 4 is 9.84 Å². The molecule has 6 heteroatoms. The van der Waals surface area contributed by atoms with Crippen molar-refractivity contribution in [2.24, 2.45) is 5.73 Å². The summed E-state index contributed by atoms with van der Waals surface area (Å²) >= 11 is 0. The molecule has 0 aliphatic carbocycles. The van der Waals surface area contributed by atoms with Crippen LogP contribution >= 0.6 is 0 Å². The smallest absolute Gasteiger partial charge is 0.257 e. The summed E-state index contributed by atoms with van der Waals surface area (Å²) in [7, 11) is -3.34. The Morgan fingerprint density at radius 3 is 2.33 bits per heavy atom. The fraction of sp³-hybridized carbons (Fsp3) is 1.00. The van der Waals surface area contributed by atoms with Crippen LogP contribution in [0.4, 0.5) is 8.78 Å². The van der Waals surface area contributed by atoms with Crippen LogP contribution in [0, 0.1) is 0 Å². The van der Waals surface area contributed by atoms with Gasteiger partial charge in [-0.05, 0) is 12.8 Å². The van der Waals surface area contributed by atoms with E-state index in [1.165, 1.54) is 0 Å². The van der Waals surface area contributed by atoms with Gasteiger partial charge in [0.15, 0.2) is 9.84 Å². The van der Waals surface area contributed by atoms with Gasteiger partial charge in [0.25, 0.3) is 6.43 Å². The van der Waals surface area contributed by atoms with E-state index in [0.29, 0.717) is 0 Å². The molecule has 1 heterocycles. The number of nitrogens with two attached hydrogens (primary N) is 1. The molecule has 0 radical (unpaired) electrons. The minimum Gasteiger partial charge on any atom is -0.320 e. The fourth-order valence-corrected chi connectivity index (χ4v) is 3.16. The molecule has 1 atom stereocenters. The predicted octanol–water partition coefficient (Wildman–Crippen LogP) is 0.158. The predicted molar refractivity (Wildman–Crippen MR) is 40.8 cm³/mol. The molecule has 1 fully saturated rings. The Morgan fingerprint density at radius 1 is 1.42 bits per heavy atom. The second-order valence-corrected chi connectivity index (χ2v) is 5.41. The molecule has 0 bridgehead atoms. The maximum atomic E-state index is 12.3. The monoisotopic (exact) mass is 199 g/mol. The Kier molecular flexibility index (Phi) is 2.40. The number of hydrogen-bond acceptors (Lipinski definition) is 3. The first-order chi connectivity index (χ1) is 5.36. The van der Waals surface area contributed by atoms with E-state index >= 15 is 0 Å². The lowest BCUT2D eigenvalue weighted by atomic mass is 9.98. The summed E-state index contributed by atoms with van der Waals surface area (Å²) in [5.41, 5.74) is 3.44. The quantitative estimate of drug-likeness (QED) is 0.654. The molecule has 1 saturated heterocycles.